The zero-order valence-electron chi connectivity index (χ0n) is 11.1. The molecule has 0 fully saturated rings. The van der Waals surface area contributed by atoms with E-state index >= 15 is 0 Å². The highest BCUT2D eigenvalue weighted by molar-refractivity contribution is 7.99. The van der Waals surface area contributed by atoms with Crippen LogP contribution in [0.3, 0.4) is 0 Å². The summed E-state index contributed by atoms with van der Waals surface area (Å²) >= 11 is 1.88. The molecule has 0 aliphatic rings. The lowest BCUT2D eigenvalue weighted by Gasteiger charge is -2.21. The summed E-state index contributed by atoms with van der Waals surface area (Å²) in [5.74, 6) is 2.11. The van der Waals surface area contributed by atoms with E-state index in [-0.39, 0.29) is 12.1 Å². The van der Waals surface area contributed by atoms with Crippen molar-refractivity contribution < 1.29 is 9.53 Å². The Hall–Kier alpha value is -0.380. The van der Waals surface area contributed by atoms with E-state index < -0.39 is 5.60 Å². The number of nitrogens with one attached hydrogen (secondary N) is 1. The van der Waals surface area contributed by atoms with Crippen LogP contribution in [0.4, 0.5) is 4.79 Å². The van der Waals surface area contributed by atoms with Crippen LogP contribution < -0.4 is 5.32 Å². The van der Waals surface area contributed by atoms with Gasteiger partial charge in [0.05, 0.1) is 0 Å². The number of ether oxygens (including phenoxy) is 1. The molecule has 1 N–H and O–H groups in total. The lowest BCUT2D eigenvalue weighted by atomic mass is 10.2. The van der Waals surface area contributed by atoms with Gasteiger partial charge in [-0.1, -0.05) is 13.3 Å². The van der Waals surface area contributed by atoms with Gasteiger partial charge in [0.1, 0.15) is 5.60 Å². The first-order valence-corrected chi connectivity index (χ1v) is 7.08. The molecule has 0 heterocycles. The molecule has 0 radical (unpaired) electrons. The molecular weight excluding hydrogens is 222 g/mol. The Morgan fingerprint density at radius 3 is 2.56 bits per heavy atom. The van der Waals surface area contributed by atoms with Gasteiger partial charge in [0.15, 0.2) is 0 Å². The molecule has 16 heavy (non-hydrogen) atoms. The van der Waals surface area contributed by atoms with Crippen molar-refractivity contribution in [3.63, 3.8) is 0 Å². The molecule has 0 saturated heterocycles. The van der Waals surface area contributed by atoms with Crippen LogP contribution in [0.25, 0.3) is 0 Å². The fraction of sp³-hybridized carbons (Fsp3) is 0.917. The van der Waals surface area contributed by atoms with E-state index in [1.807, 2.05) is 39.5 Å². The topological polar surface area (TPSA) is 38.3 Å². The van der Waals surface area contributed by atoms with E-state index in [1.165, 1.54) is 12.8 Å². The van der Waals surface area contributed by atoms with Gasteiger partial charge in [-0.3, -0.25) is 0 Å². The van der Waals surface area contributed by atoms with Crippen molar-refractivity contribution in [1.82, 2.24) is 5.32 Å². The summed E-state index contributed by atoms with van der Waals surface area (Å²) in [4.78, 5) is 11.4. The minimum atomic E-state index is -0.418. The number of amides is 1. The van der Waals surface area contributed by atoms with Crippen LogP contribution in [0.5, 0.6) is 0 Å². The quantitative estimate of drug-likeness (QED) is 0.731. The molecule has 0 aromatic heterocycles. The van der Waals surface area contributed by atoms with Crippen LogP contribution in [-0.4, -0.2) is 29.2 Å². The van der Waals surface area contributed by atoms with Gasteiger partial charge in [0.25, 0.3) is 0 Å². The zero-order chi connectivity index (χ0) is 12.6. The Morgan fingerprint density at radius 2 is 2.06 bits per heavy atom. The zero-order valence-corrected chi connectivity index (χ0v) is 11.9. The maximum absolute atomic E-state index is 11.4. The van der Waals surface area contributed by atoms with Crippen molar-refractivity contribution in [2.45, 2.75) is 59.1 Å². The molecule has 3 nitrogen and oxygen atoms in total. The maximum atomic E-state index is 11.4. The van der Waals surface area contributed by atoms with E-state index in [0.717, 1.165) is 11.5 Å². The van der Waals surface area contributed by atoms with Crippen molar-refractivity contribution in [1.29, 1.82) is 0 Å². The van der Waals surface area contributed by atoms with E-state index in [4.69, 9.17) is 4.74 Å². The molecule has 0 aliphatic heterocycles. The van der Waals surface area contributed by atoms with Crippen LogP contribution in [0.1, 0.15) is 47.5 Å². The summed E-state index contributed by atoms with van der Waals surface area (Å²) < 4.78 is 5.18. The van der Waals surface area contributed by atoms with Crippen molar-refractivity contribution in [2.24, 2.45) is 0 Å². The number of hydrogen-bond acceptors (Lipinski definition) is 3. The largest absolute Gasteiger partial charge is 0.444 e. The molecule has 0 aromatic carbocycles. The van der Waals surface area contributed by atoms with Crippen molar-refractivity contribution >= 4 is 17.9 Å². The van der Waals surface area contributed by atoms with E-state index in [9.17, 15) is 4.79 Å². The van der Waals surface area contributed by atoms with Crippen LogP contribution >= 0.6 is 11.8 Å². The Balaban J connectivity index is 3.62. The van der Waals surface area contributed by atoms with Crippen molar-refractivity contribution in [3.8, 4) is 0 Å². The molecule has 0 unspecified atom stereocenters. The minimum absolute atomic E-state index is 0.164. The molecule has 0 bridgehead atoms. The highest BCUT2D eigenvalue weighted by Gasteiger charge is 2.17. The molecule has 0 rings (SSSR count). The van der Waals surface area contributed by atoms with E-state index in [2.05, 4.69) is 12.2 Å². The van der Waals surface area contributed by atoms with Gasteiger partial charge in [-0.25, -0.2) is 4.79 Å². The average Bonchev–Trinajstić information content (AvgIpc) is 2.09. The second-order valence-corrected chi connectivity index (χ2v) is 6.13. The van der Waals surface area contributed by atoms with Gasteiger partial charge in [-0.05, 0) is 39.9 Å². The Kier molecular flexibility index (Phi) is 7.64. The fourth-order valence-electron chi connectivity index (χ4n) is 1.06. The molecule has 96 valence electrons. The molecule has 0 aromatic rings. The van der Waals surface area contributed by atoms with Gasteiger partial charge in [-0.2, -0.15) is 11.8 Å². The van der Waals surface area contributed by atoms with Gasteiger partial charge in [-0.15, -0.1) is 0 Å². The average molecular weight is 247 g/mol. The van der Waals surface area contributed by atoms with Crippen molar-refractivity contribution in [3.05, 3.63) is 0 Å². The lowest BCUT2D eigenvalue weighted by Crippen LogP contribution is -2.38. The third-order valence-electron chi connectivity index (χ3n) is 1.77. The Bertz CT molecular complexity index is 202. The van der Waals surface area contributed by atoms with Crippen LogP contribution in [0.15, 0.2) is 0 Å². The summed E-state index contributed by atoms with van der Waals surface area (Å²) in [7, 11) is 0. The number of alkyl carbamates (subject to hydrolysis) is 1. The highest BCUT2D eigenvalue weighted by atomic mass is 32.2. The van der Waals surface area contributed by atoms with Gasteiger partial charge >= 0.3 is 6.09 Å². The monoisotopic (exact) mass is 247 g/mol. The molecule has 1 atom stereocenters. The first-order valence-electron chi connectivity index (χ1n) is 5.92. The number of carbonyl (C=O) groups excluding carboxylic acids is 1. The summed E-state index contributed by atoms with van der Waals surface area (Å²) in [6, 6.07) is 0.164. The highest BCUT2D eigenvalue weighted by Crippen LogP contribution is 2.09. The molecule has 0 saturated carbocycles. The number of hydrogen-bond donors (Lipinski definition) is 1. The molecular formula is C12H25NO2S. The minimum Gasteiger partial charge on any atom is -0.444 e. The van der Waals surface area contributed by atoms with Gasteiger partial charge < -0.3 is 10.1 Å². The number of thioether (sulfide) groups is 1. The van der Waals surface area contributed by atoms with Crippen molar-refractivity contribution in [2.75, 3.05) is 11.5 Å². The van der Waals surface area contributed by atoms with Crippen LogP contribution in [-0.2, 0) is 4.74 Å². The third-order valence-corrected chi connectivity index (χ3v) is 3.09. The third kappa shape index (κ3) is 10.1. The molecule has 4 heteroatoms. The van der Waals surface area contributed by atoms with Crippen LogP contribution in [0.2, 0.25) is 0 Å². The second kappa shape index (κ2) is 7.82. The Morgan fingerprint density at radius 1 is 1.44 bits per heavy atom. The molecule has 0 spiro atoms. The lowest BCUT2D eigenvalue weighted by molar-refractivity contribution is 0.0513. The fourth-order valence-corrected chi connectivity index (χ4v) is 2.15. The Labute approximate surface area is 104 Å². The standard InChI is InChI=1S/C12H25NO2S/c1-6-7-8-16-9-10(2)13-11(14)15-12(3,4)5/h10H,6-9H2,1-5H3,(H,13,14)/t10-/m0/s1. The SMILES string of the molecule is CCCCSC[C@H](C)NC(=O)OC(C)(C)C. The molecule has 1 amide bonds. The van der Waals surface area contributed by atoms with Gasteiger partial charge in [0.2, 0.25) is 0 Å². The first kappa shape index (κ1) is 15.6. The normalized spacial score (nSPS) is 13.3. The van der Waals surface area contributed by atoms with Gasteiger partial charge in [0, 0.05) is 11.8 Å². The number of carbonyl (C=O) groups is 1. The summed E-state index contributed by atoms with van der Waals surface area (Å²) in [5.41, 5.74) is -0.418. The first-order chi connectivity index (χ1) is 7.35. The summed E-state index contributed by atoms with van der Waals surface area (Å²) in [5, 5.41) is 2.83. The predicted molar refractivity (Wildman–Crippen MR) is 71.1 cm³/mol. The maximum Gasteiger partial charge on any atom is 0.407 e. The van der Waals surface area contributed by atoms with E-state index in [0.29, 0.717) is 0 Å². The van der Waals surface area contributed by atoms with E-state index in [1.54, 1.807) is 0 Å². The number of unbranched alkanes of at least 4 members (excludes halogenated alkanes) is 1. The number of rotatable bonds is 6. The predicted octanol–water partition coefficient (Wildman–Crippen LogP) is 3.43. The summed E-state index contributed by atoms with van der Waals surface area (Å²) in [6.07, 6.45) is 2.14. The summed E-state index contributed by atoms with van der Waals surface area (Å²) in [6.45, 7) is 9.79. The second-order valence-electron chi connectivity index (χ2n) is 4.98. The molecule has 0 aliphatic carbocycles. The van der Waals surface area contributed by atoms with Crippen LogP contribution in [0, 0.1) is 0 Å². The smallest absolute Gasteiger partial charge is 0.407 e.